The van der Waals surface area contributed by atoms with Gasteiger partial charge in [-0.3, -0.25) is 9.36 Å². The van der Waals surface area contributed by atoms with Gasteiger partial charge in [-0.2, -0.15) is 10.4 Å². The highest BCUT2D eigenvalue weighted by Crippen LogP contribution is 2.54. The van der Waals surface area contributed by atoms with Crippen LogP contribution >= 0.6 is 0 Å². The Morgan fingerprint density at radius 3 is 2.36 bits per heavy atom. The summed E-state index contributed by atoms with van der Waals surface area (Å²) in [6.45, 7) is 1.91. The van der Waals surface area contributed by atoms with E-state index in [1.54, 1.807) is 16.8 Å². The summed E-state index contributed by atoms with van der Waals surface area (Å²) in [7, 11) is 1.22. The van der Waals surface area contributed by atoms with Gasteiger partial charge in [-0.05, 0) is 56.6 Å². The van der Waals surface area contributed by atoms with Gasteiger partial charge in [-0.25, -0.2) is 28.8 Å². The summed E-state index contributed by atoms with van der Waals surface area (Å²) in [4.78, 5) is 44.2. The summed E-state index contributed by atoms with van der Waals surface area (Å²) in [5.74, 6) is 0.0105. The number of pyridine rings is 2. The molecule has 4 unspecified atom stereocenters. The van der Waals surface area contributed by atoms with Gasteiger partial charge in [0.2, 0.25) is 5.91 Å². The molecule has 0 saturated heterocycles. The quantitative estimate of drug-likeness (QED) is 0.128. The van der Waals surface area contributed by atoms with E-state index in [1.807, 2.05) is 6.92 Å². The molecule has 4 aromatic rings. The number of rotatable bonds is 7. The molecule has 7 rings (SSSR count). The van der Waals surface area contributed by atoms with E-state index in [4.69, 9.17) is 15.8 Å². The largest absolute Gasteiger partial charge is 0.453 e. The number of nitrogens with zero attached hydrogens (tertiary/aromatic N) is 7. The van der Waals surface area contributed by atoms with Gasteiger partial charge in [0.1, 0.15) is 22.6 Å². The average molecular weight is 651 g/mol. The summed E-state index contributed by atoms with van der Waals surface area (Å²) < 4.78 is 7.18. The first-order chi connectivity index (χ1) is 22.2. The van der Waals surface area contributed by atoms with Gasteiger partial charge in [0.05, 0.1) is 42.2 Å². The molecule has 18 nitrogen and oxygen atoms in total. The Hall–Kier alpha value is -5.09. The number of methoxy groups -OCH3 is 1. The van der Waals surface area contributed by atoms with Crippen LogP contribution in [-0.4, -0.2) is 74.5 Å². The van der Waals surface area contributed by atoms with Crippen LogP contribution in [0.5, 0.6) is 0 Å². The fourth-order valence-corrected chi connectivity index (χ4v) is 6.50. The van der Waals surface area contributed by atoms with E-state index in [-0.39, 0.29) is 29.2 Å². The number of aliphatic hydroxyl groups excluding tert-OH is 1. The number of primary amides is 2. The van der Waals surface area contributed by atoms with Crippen molar-refractivity contribution in [2.24, 2.45) is 17.4 Å². The standard InChI is InChI=1S/C27H29N9O6.C2H5NO2/c1-13-10-26(13,23(29)38)36-22-16(21(33-36)25(12-28)6-7-25)4-5-19(32-22)31-20-9-17-18(11-30-20)35(27(40,41)42)24(39)34(17)14-2-3-15(37)8-14;1-5-2(3)4/h4-5,9,11,13-15,37,40-42H,2-3,6-8,10H2,1H3,(H2,29,38)(H,30,31,32);1H3,(H2,3,4). The summed E-state index contributed by atoms with van der Waals surface area (Å²) in [6.07, 6.45) is -0.533. The lowest BCUT2D eigenvalue weighted by molar-refractivity contribution is -0.374. The zero-order chi connectivity index (χ0) is 34.1. The van der Waals surface area contributed by atoms with Crippen LogP contribution in [0.15, 0.2) is 29.2 Å². The maximum absolute atomic E-state index is 13.2. The molecule has 4 heterocycles. The number of nitrogens with one attached hydrogen (secondary N) is 1. The van der Waals surface area contributed by atoms with Crippen molar-refractivity contribution in [1.82, 2.24) is 28.9 Å². The summed E-state index contributed by atoms with van der Waals surface area (Å²) in [5.41, 5.74) is 8.83. The molecule has 3 fully saturated rings. The van der Waals surface area contributed by atoms with Crippen molar-refractivity contribution in [2.45, 2.75) is 74.6 Å². The molecule has 4 atom stereocenters. The summed E-state index contributed by atoms with van der Waals surface area (Å²) in [5, 5.41) is 58.2. The SMILES string of the molecule is CC1CC1(C(N)=O)n1nc(C2(C#N)CC2)c2ccc(Nc3cc4c(cn3)n(C(O)(O)O)c(=O)n4C3CCC(O)C3)nc21.COC(N)=O. The number of hydrogen-bond donors (Lipinski definition) is 7. The molecule has 4 aromatic heterocycles. The van der Waals surface area contributed by atoms with E-state index >= 15 is 0 Å². The maximum Gasteiger partial charge on any atom is 0.404 e. The Balaban J connectivity index is 0.000000720. The second-order valence-corrected chi connectivity index (χ2v) is 12.3. The summed E-state index contributed by atoms with van der Waals surface area (Å²) in [6, 6.07) is 6.92. The number of nitriles is 1. The van der Waals surface area contributed by atoms with Crippen LogP contribution in [0.1, 0.15) is 57.2 Å². The number of carbonyl (C=O) groups excluding carboxylic acids is 2. The molecule has 3 aliphatic rings. The third-order valence-corrected chi connectivity index (χ3v) is 9.28. The zero-order valence-electron chi connectivity index (χ0n) is 25.5. The van der Waals surface area contributed by atoms with Crippen molar-refractivity contribution in [1.29, 1.82) is 5.26 Å². The molecule has 0 aromatic carbocycles. The van der Waals surface area contributed by atoms with E-state index < -0.39 is 46.9 Å². The van der Waals surface area contributed by atoms with E-state index in [0.717, 1.165) is 0 Å². The highest BCUT2D eigenvalue weighted by molar-refractivity contribution is 5.90. The Bertz CT molecular complexity index is 2020. The number of ether oxygens (including phenoxy) is 1. The predicted octanol–water partition coefficient (Wildman–Crippen LogP) is -0.196. The minimum atomic E-state index is -3.46. The highest BCUT2D eigenvalue weighted by atomic mass is 16.7. The molecular weight excluding hydrogens is 616 g/mol. The molecule has 47 heavy (non-hydrogen) atoms. The second-order valence-electron chi connectivity index (χ2n) is 12.3. The maximum atomic E-state index is 13.2. The number of fused-ring (bicyclic) bond motifs is 2. The van der Waals surface area contributed by atoms with Gasteiger partial charge in [-0.15, -0.1) is 0 Å². The topological polar surface area (TPSA) is 283 Å². The lowest BCUT2D eigenvalue weighted by Gasteiger charge is -2.15. The highest BCUT2D eigenvalue weighted by Gasteiger charge is 2.61. The van der Waals surface area contributed by atoms with Crippen molar-refractivity contribution >= 4 is 45.7 Å². The van der Waals surface area contributed by atoms with Gasteiger partial charge >= 0.3 is 17.9 Å². The number of nitrogens with two attached hydrogens (primary N) is 2. The van der Waals surface area contributed by atoms with E-state index in [1.165, 1.54) is 23.9 Å². The molecular formula is C29H34N10O8. The van der Waals surface area contributed by atoms with Gasteiger partial charge in [-0.1, -0.05) is 6.92 Å². The minimum Gasteiger partial charge on any atom is -0.453 e. The fraction of sp³-hybridized carbons (Fsp3) is 0.483. The van der Waals surface area contributed by atoms with Crippen molar-refractivity contribution in [2.75, 3.05) is 12.4 Å². The Morgan fingerprint density at radius 2 is 1.85 bits per heavy atom. The molecule has 0 aliphatic heterocycles. The van der Waals surface area contributed by atoms with Gasteiger partial charge < -0.3 is 41.9 Å². The van der Waals surface area contributed by atoms with Crippen LogP contribution in [-0.2, 0) is 26.6 Å². The van der Waals surface area contributed by atoms with Gasteiger partial charge in [0.15, 0.2) is 5.65 Å². The molecule has 18 heteroatoms. The lowest BCUT2D eigenvalue weighted by atomic mass is 10.0. The number of hydrogen-bond acceptors (Lipinski definition) is 13. The van der Waals surface area contributed by atoms with Crippen LogP contribution in [0.25, 0.3) is 22.1 Å². The first kappa shape index (κ1) is 31.9. The molecule has 0 bridgehead atoms. The number of aromatic nitrogens is 6. The third-order valence-electron chi connectivity index (χ3n) is 9.28. The normalized spacial score (nSPS) is 24.3. The van der Waals surface area contributed by atoms with Crippen molar-refractivity contribution < 1.29 is 34.8 Å². The number of anilines is 2. The molecule has 2 amide bonds. The van der Waals surface area contributed by atoms with Gasteiger partial charge in [0.25, 0.3) is 0 Å². The van der Waals surface area contributed by atoms with E-state index in [2.05, 4.69) is 26.8 Å². The smallest absolute Gasteiger partial charge is 0.404 e. The fourth-order valence-electron chi connectivity index (χ4n) is 6.50. The predicted molar refractivity (Wildman–Crippen MR) is 162 cm³/mol. The Kier molecular flexibility index (Phi) is 7.47. The first-order valence-corrected chi connectivity index (χ1v) is 14.9. The molecule has 248 valence electrons. The minimum absolute atomic E-state index is 0.0251. The Morgan fingerprint density at radius 1 is 1.17 bits per heavy atom. The van der Waals surface area contributed by atoms with Crippen LogP contribution in [0.2, 0.25) is 0 Å². The van der Waals surface area contributed by atoms with Crippen molar-refractivity contribution in [3.8, 4) is 6.07 Å². The monoisotopic (exact) mass is 650 g/mol. The van der Waals surface area contributed by atoms with E-state index in [9.17, 15) is 40.1 Å². The summed E-state index contributed by atoms with van der Waals surface area (Å²) >= 11 is 0. The molecule has 0 radical (unpaired) electrons. The first-order valence-electron chi connectivity index (χ1n) is 14.9. The lowest BCUT2D eigenvalue weighted by Crippen LogP contribution is -2.41. The molecule has 9 N–H and O–H groups in total. The van der Waals surface area contributed by atoms with Gasteiger partial charge in [0, 0.05) is 17.5 Å². The molecule has 3 saturated carbocycles. The van der Waals surface area contributed by atoms with Crippen molar-refractivity contribution in [3.05, 3.63) is 40.6 Å². The number of amides is 2. The average Bonchev–Trinajstić information content (AvgIpc) is 3.80. The third kappa shape index (κ3) is 5.22. The van der Waals surface area contributed by atoms with Crippen LogP contribution < -0.4 is 22.5 Å². The van der Waals surface area contributed by atoms with Crippen LogP contribution in [0.4, 0.5) is 16.4 Å². The van der Waals surface area contributed by atoms with Crippen LogP contribution in [0.3, 0.4) is 0 Å². The second kappa shape index (κ2) is 11.0. The molecule has 3 aliphatic carbocycles. The number of imidazole rings is 1. The zero-order valence-corrected chi connectivity index (χ0v) is 25.5. The number of carbonyl (C=O) groups is 2. The molecule has 0 spiro atoms. The van der Waals surface area contributed by atoms with Crippen molar-refractivity contribution in [3.63, 3.8) is 0 Å². The Labute approximate surface area is 265 Å². The van der Waals surface area contributed by atoms with E-state index in [0.29, 0.717) is 59.2 Å². The number of aliphatic hydroxyl groups is 4. The van der Waals surface area contributed by atoms with Crippen LogP contribution in [0, 0.1) is 17.2 Å².